The minimum Gasteiger partial charge on any atom is -0.462 e. The van der Waals surface area contributed by atoms with Gasteiger partial charge < -0.3 is 15.0 Å². The minimum atomic E-state index is -0.533. The number of hydrogen-bond acceptors (Lipinski definition) is 5. The highest BCUT2D eigenvalue weighted by Crippen LogP contribution is 2.34. The third-order valence-corrected chi connectivity index (χ3v) is 5.66. The maximum Gasteiger partial charge on any atom is 0.341 e. The van der Waals surface area contributed by atoms with E-state index in [4.69, 9.17) is 4.74 Å². The number of benzene rings is 1. The summed E-state index contributed by atoms with van der Waals surface area (Å²) in [4.78, 5) is 39.2. The topological polar surface area (TPSA) is 75.7 Å². The Morgan fingerprint density at radius 3 is 2.34 bits per heavy atom. The smallest absolute Gasteiger partial charge is 0.341 e. The number of rotatable bonds is 8. The van der Waals surface area contributed by atoms with Gasteiger partial charge in [0.15, 0.2) is 0 Å². The fraction of sp³-hybridized carbons (Fsp3) is 0.409. The second-order valence-electron chi connectivity index (χ2n) is 7.07. The van der Waals surface area contributed by atoms with E-state index in [1.165, 1.54) is 16.0 Å². The van der Waals surface area contributed by atoms with Crippen LogP contribution in [0.5, 0.6) is 0 Å². The van der Waals surface area contributed by atoms with Crippen LogP contribution >= 0.6 is 11.3 Å². The van der Waals surface area contributed by atoms with Crippen molar-refractivity contribution in [2.24, 2.45) is 0 Å². The van der Waals surface area contributed by atoms with Crippen LogP contribution in [0, 0.1) is 13.8 Å². The van der Waals surface area contributed by atoms with E-state index in [-0.39, 0.29) is 24.0 Å². The Balaban J connectivity index is 2.11. The summed E-state index contributed by atoms with van der Waals surface area (Å²) < 4.78 is 5.12. The molecule has 1 aromatic heterocycles. The van der Waals surface area contributed by atoms with Crippen molar-refractivity contribution < 1.29 is 19.1 Å². The van der Waals surface area contributed by atoms with Gasteiger partial charge >= 0.3 is 5.97 Å². The van der Waals surface area contributed by atoms with E-state index in [0.29, 0.717) is 28.3 Å². The standard InChI is InChI=1S/C22H28N2O4S/c1-6-28-22(27)18-15(3)19(21(26)24(4)5)29-20(18)23-17(25)9-7-8-16-12-10-14(2)11-13-16/h10-13H,6-9H2,1-5H3,(H,23,25). The van der Waals surface area contributed by atoms with Gasteiger partial charge in [0.25, 0.3) is 5.91 Å². The maximum absolute atomic E-state index is 12.5. The van der Waals surface area contributed by atoms with Crippen molar-refractivity contribution in [3.63, 3.8) is 0 Å². The molecule has 29 heavy (non-hydrogen) atoms. The molecule has 156 valence electrons. The quantitative estimate of drug-likeness (QED) is 0.654. The lowest BCUT2D eigenvalue weighted by Gasteiger charge is -2.09. The number of nitrogens with zero attached hydrogens (tertiary/aromatic N) is 1. The lowest BCUT2D eigenvalue weighted by Crippen LogP contribution is -2.21. The predicted molar refractivity (Wildman–Crippen MR) is 116 cm³/mol. The van der Waals surface area contributed by atoms with Gasteiger partial charge in [-0.05, 0) is 44.7 Å². The highest BCUT2D eigenvalue weighted by Gasteiger charge is 2.27. The molecule has 0 aliphatic heterocycles. The van der Waals surface area contributed by atoms with Crippen molar-refractivity contribution in [3.8, 4) is 0 Å². The van der Waals surface area contributed by atoms with Gasteiger partial charge in [-0.25, -0.2) is 4.79 Å². The number of carbonyl (C=O) groups excluding carboxylic acids is 3. The minimum absolute atomic E-state index is 0.187. The number of amides is 2. The monoisotopic (exact) mass is 416 g/mol. The van der Waals surface area contributed by atoms with Crippen molar-refractivity contribution in [2.45, 2.75) is 40.0 Å². The fourth-order valence-electron chi connectivity index (χ4n) is 2.85. The highest BCUT2D eigenvalue weighted by atomic mass is 32.1. The molecule has 0 aliphatic carbocycles. The van der Waals surface area contributed by atoms with E-state index < -0.39 is 5.97 Å². The van der Waals surface area contributed by atoms with Gasteiger partial charge in [0.05, 0.1) is 17.0 Å². The van der Waals surface area contributed by atoms with E-state index in [1.807, 2.05) is 6.92 Å². The molecule has 0 radical (unpaired) electrons. The number of ether oxygens (including phenoxy) is 1. The Morgan fingerprint density at radius 2 is 1.76 bits per heavy atom. The number of nitrogens with one attached hydrogen (secondary N) is 1. The van der Waals surface area contributed by atoms with Gasteiger partial charge in [0.1, 0.15) is 5.00 Å². The molecule has 2 rings (SSSR count). The Hall–Kier alpha value is -2.67. The van der Waals surface area contributed by atoms with Crippen LogP contribution in [0.2, 0.25) is 0 Å². The van der Waals surface area contributed by atoms with E-state index in [0.717, 1.165) is 17.8 Å². The van der Waals surface area contributed by atoms with Gasteiger partial charge in [-0.2, -0.15) is 0 Å². The van der Waals surface area contributed by atoms with Crippen LogP contribution in [-0.4, -0.2) is 43.4 Å². The van der Waals surface area contributed by atoms with Crippen LogP contribution < -0.4 is 5.32 Å². The Kier molecular flexibility index (Phi) is 7.96. The van der Waals surface area contributed by atoms with Gasteiger partial charge in [-0.3, -0.25) is 9.59 Å². The lowest BCUT2D eigenvalue weighted by atomic mass is 10.1. The van der Waals surface area contributed by atoms with Crippen molar-refractivity contribution in [2.75, 3.05) is 26.0 Å². The zero-order valence-electron chi connectivity index (χ0n) is 17.6. The van der Waals surface area contributed by atoms with E-state index in [9.17, 15) is 14.4 Å². The maximum atomic E-state index is 12.5. The molecule has 0 atom stereocenters. The molecule has 0 unspecified atom stereocenters. The van der Waals surface area contributed by atoms with Crippen molar-refractivity contribution in [3.05, 3.63) is 51.4 Å². The first-order valence-corrected chi connectivity index (χ1v) is 10.4. The average Bonchev–Trinajstić information content (AvgIpc) is 2.98. The molecule has 6 nitrogen and oxygen atoms in total. The molecule has 7 heteroatoms. The Labute approximate surface area is 175 Å². The molecule has 0 saturated carbocycles. The van der Waals surface area contributed by atoms with Crippen LogP contribution in [0.4, 0.5) is 5.00 Å². The van der Waals surface area contributed by atoms with Crippen LogP contribution in [0.15, 0.2) is 24.3 Å². The first-order chi connectivity index (χ1) is 13.7. The molecule has 0 spiro atoms. The Bertz CT molecular complexity index is 885. The van der Waals surface area contributed by atoms with Crippen LogP contribution in [-0.2, 0) is 16.0 Å². The molecule has 0 bridgehead atoms. The number of thiophene rings is 1. The van der Waals surface area contributed by atoms with E-state index in [2.05, 4.69) is 29.6 Å². The summed E-state index contributed by atoms with van der Waals surface area (Å²) in [5.74, 6) is -0.931. The third kappa shape index (κ3) is 5.90. The molecule has 0 fully saturated rings. The zero-order chi connectivity index (χ0) is 21.6. The molecule has 0 saturated heterocycles. The molecule has 2 aromatic rings. The van der Waals surface area contributed by atoms with Crippen LogP contribution in [0.3, 0.4) is 0 Å². The number of hydrogen-bond donors (Lipinski definition) is 1. The summed E-state index contributed by atoms with van der Waals surface area (Å²) in [6, 6.07) is 8.24. The van der Waals surface area contributed by atoms with E-state index >= 15 is 0 Å². The SMILES string of the molecule is CCOC(=O)c1c(NC(=O)CCCc2ccc(C)cc2)sc(C(=O)N(C)C)c1C. The number of aryl methyl sites for hydroxylation is 2. The highest BCUT2D eigenvalue weighted by molar-refractivity contribution is 7.18. The number of esters is 1. The summed E-state index contributed by atoms with van der Waals surface area (Å²) in [5.41, 5.74) is 3.17. The van der Waals surface area contributed by atoms with Gasteiger partial charge in [-0.15, -0.1) is 11.3 Å². The largest absolute Gasteiger partial charge is 0.462 e. The number of anilines is 1. The normalized spacial score (nSPS) is 10.5. The summed E-state index contributed by atoms with van der Waals surface area (Å²) in [7, 11) is 3.30. The Morgan fingerprint density at radius 1 is 1.10 bits per heavy atom. The van der Waals surface area contributed by atoms with Gasteiger partial charge in [-0.1, -0.05) is 29.8 Å². The first-order valence-electron chi connectivity index (χ1n) is 9.62. The average molecular weight is 417 g/mol. The second-order valence-corrected chi connectivity index (χ2v) is 8.09. The van der Waals surface area contributed by atoms with E-state index in [1.54, 1.807) is 27.9 Å². The fourth-order valence-corrected chi connectivity index (χ4v) is 4.09. The summed E-state index contributed by atoms with van der Waals surface area (Å²) in [6.45, 7) is 5.67. The predicted octanol–water partition coefficient (Wildman–Crippen LogP) is 4.20. The van der Waals surface area contributed by atoms with Crippen molar-refractivity contribution in [1.82, 2.24) is 4.90 Å². The first kappa shape index (κ1) is 22.6. The molecule has 1 aromatic carbocycles. The summed E-state index contributed by atoms with van der Waals surface area (Å²) in [5, 5.41) is 3.18. The van der Waals surface area contributed by atoms with Crippen molar-refractivity contribution >= 4 is 34.1 Å². The van der Waals surface area contributed by atoms with Crippen LogP contribution in [0.25, 0.3) is 0 Å². The molecule has 0 aliphatic rings. The summed E-state index contributed by atoms with van der Waals surface area (Å²) >= 11 is 1.11. The molecule has 2 amide bonds. The molecule has 1 N–H and O–H groups in total. The van der Waals surface area contributed by atoms with Gasteiger partial charge in [0, 0.05) is 20.5 Å². The zero-order valence-corrected chi connectivity index (χ0v) is 18.4. The molecule has 1 heterocycles. The summed E-state index contributed by atoms with van der Waals surface area (Å²) in [6.07, 6.45) is 1.81. The van der Waals surface area contributed by atoms with Crippen LogP contribution in [0.1, 0.15) is 56.5 Å². The third-order valence-electron chi connectivity index (χ3n) is 4.47. The lowest BCUT2D eigenvalue weighted by molar-refractivity contribution is -0.116. The second kappa shape index (κ2) is 10.2. The molecular formula is C22H28N2O4S. The molecular weight excluding hydrogens is 388 g/mol. The van der Waals surface area contributed by atoms with Crippen molar-refractivity contribution in [1.29, 1.82) is 0 Å². The van der Waals surface area contributed by atoms with Gasteiger partial charge in [0.2, 0.25) is 5.91 Å². The number of carbonyl (C=O) groups is 3.